The summed E-state index contributed by atoms with van der Waals surface area (Å²) in [5.74, 6) is -0.571. The fourth-order valence-corrected chi connectivity index (χ4v) is 3.45. The number of nitrogens with one attached hydrogen (secondary N) is 1. The van der Waals surface area contributed by atoms with E-state index < -0.39 is 5.92 Å². The Bertz CT molecular complexity index is 1050. The maximum absolute atomic E-state index is 12.7. The summed E-state index contributed by atoms with van der Waals surface area (Å²) in [5, 5.41) is 3.44. The Hall–Kier alpha value is -3.25. The van der Waals surface area contributed by atoms with Crippen LogP contribution in [0.2, 0.25) is 5.02 Å². The molecule has 0 radical (unpaired) electrons. The van der Waals surface area contributed by atoms with Crippen LogP contribution in [0.5, 0.6) is 0 Å². The molecule has 1 aromatic heterocycles. The van der Waals surface area contributed by atoms with Crippen LogP contribution >= 0.6 is 11.6 Å². The number of aromatic nitrogens is 2. The van der Waals surface area contributed by atoms with Crippen molar-refractivity contribution in [3.63, 3.8) is 0 Å². The number of benzene rings is 2. The summed E-state index contributed by atoms with van der Waals surface area (Å²) < 4.78 is 0. The molecular formula is C22H19ClN4O2. The van der Waals surface area contributed by atoms with Gasteiger partial charge in [-0.25, -0.2) is 9.97 Å². The lowest BCUT2D eigenvalue weighted by Gasteiger charge is -2.17. The monoisotopic (exact) mass is 406 g/mol. The van der Waals surface area contributed by atoms with E-state index in [0.717, 1.165) is 16.9 Å². The molecule has 0 bridgehead atoms. The summed E-state index contributed by atoms with van der Waals surface area (Å²) in [5.41, 5.74) is 3.12. The Morgan fingerprint density at radius 3 is 2.52 bits per heavy atom. The first-order valence-electron chi connectivity index (χ1n) is 9.29. The highest BCUT2D eigenvalue weighted by Gasteiger charge is 2.37. The zero-order valence-corrected chi connectivity index (χ0v) is 16.6. The third-order valence-corrected chi connectivity index (χ3v) is 5.12. The van der Waals surface area contributed by atoms with Crippen LogP contribution in [0.25, 0.3) is 11.4 Å². The minimum Gasteiger partial charge on any atom is -0.325 e. The summed E-state index contributed by atoms with van der Waals surface area (Å²) in [7, 11) is 0. The fraction of sp³-hybridized carbons (Fsp3) is 0.182. The quantitative estimate of drug-likeness (QED) is 0.662. The van der Waals surface area contributed by atoms with Gasteiger partial charge in [0.05, 0.1) is 0 Å². The number of halogens is 1. The molecule has 2 amide bonds. The van der Waals surface area contributed by atoms with Crippen LogP contribution in [0.15, 0.2) is 60.8 Å². The minimum atomic E-state index is -0.703. The Morgan fingerprint density at radius 1 is 1.10 bits per heavy atom. The van der Waals surface area contributed by atoms with Gasteiger partial charge in [0.25, 0.3) is 0 Å². The smallest absolute Gasteiger partial charge is 0.239 e. The third kappa shape index (κ3) is 4.12. The number of amides is 2. The topological polar surface area (TPSA) is 75.2 Å². The van der Waals surface area contributed by atoms with Gasteiger partial charge < -0.3 is 10.2 Å². The van der Waals surface area contributed by atoms with Gasteiger partial charge in [0.1, 0.15) is 5.92 Å². The molecule has 7 heteroatoms. The predicted molar refractivity (Wildman–Crippen MR) is 113 cm³/mol. The third-order valence-electron chi connectivity index (χ3n) is 4.87. The molecule has 1 atom stereocenters. The summed E-state index contributed by atoms with van der Waals surface area (Å²) >= 11 is 5.91. The van der Waals surface area contributed by atoms with Gasteiger partial charge in [0, 0.05) is 40.4 Å². The molecule has 0 spiro atoms. The van der Waals surface area contributed by atoms with Crippen LogP contribution in [-0.2, 0) is 9.59 Å². The second-order valence-corrected chi connectivity index (χ2v) is 7.33. The first-order valence-corrected chi connectivity index (χ1v) is 9.67. The Labute approximate surface area is 173 Å². The summed E-state index contributed by atoms with van der Waals surface area (Å²) in [6, 6.07) is 16.1. The molecule has 6 nitrogen and oxygen atoms in total. The maximum Gasteiger partial charge on any atom is 0.239 e. The fourth-order valence-electron chi connectivity index (χ4n) is 3.32. The Kier molecular flexibility index (Phi) is 5.27. The number of aryl methyl sites for hydroxylation is 1. The van der Waals surface area contributed by atoms with E-state index in [2.05, 4.69) is 15.3 Å². The number of nitrogens with zero attached hydrogens (tertiary/aromatic N) is 3. The first kappa shape index (κ1) is 19.1. The first-order chi connectivity index (χ1) is 14.0. The second-order valence-electron chi connectivity index (χ2n) is 6.90. The normalized spacial score (nSPS) is 16.1. The molecule has 1 aliphatic heterocycles. The SMILES string of the molecule is Cc1ccnc(-c2ccc(NC(=O)[C@H]3CCN(c4ccc(Cl)cc4)C3=O)cc2)n1. The van der Waals surface area contributed by atoms with E-state index in [9.17, 15) is 9.59 Å². The van der Waals surface area contributed by atoms with Crippen molar-refractivity contribution in [3.05, 3.63) is 71.5 Å². The van der Waals surface area contributed by atoms with Crippen molar-refractivity contribution < 1.29 is 9.59 Å². The van der Waals surface area contributed by atoms with E-state index in [1.165, 1.54) is 0 Å². The molecule has 146 valence electrons. The highest BCUT2D eigenvalue weighted by atomic mass is 35.5. The molecule has 0 saturated carbocycles. The van der Waals surface area contributed by atoms with Crippen molar-refractivity contribution in [1.82, 2.24) is 9.97 Å². The number of rotatable bonds is 4. The highest BCUT2D eigenvalue weighted by Crippen LogP contribution is 2.27. The van der Waals surface area contributed by atoms with Crippen LogP contribution in [0.1, 0.15) is 12.1 Å². The molecule has 1 aliphatic rings. The standard InChI is InChI=1S/C22H19ClN4O2/c1-14-10-12-24-20(25-14)15-2-6-17(7-3-15)26-21(28)19-11-13-27(22(19)29)18-8-4-16(23)5-9-18/h2-10,12,19H,11,13H2,1H3,(H,26,28)/t19-/m1/s1. The number of hydrogen-bond donors (Lipinski definition) is 1. The largest absolute Gasteiger partial charge is 0.325 e. The van der Waals surface area contributed by atoms with Gasteiger partial charge in [-0.3, -0.25) is 9.59 Å². The number of carbonyl (C=O) groups excluding carboxylic acids is 2. The van der Waals surface area contributed by atoms with Crippen molar-refractivity contribution in [3.8, 4) is 11.4 Å². The predicted octanol–water partition coefficient (Wildman–Crippen LogP) is 4.10. The van der Waals surface area contributed by atoms with Crippen LogP contribution in [0, 0.1) is 12.8 Å². The van der Waals surface area contributed by atoms with Gasteiger partial charge in [-0.2, -0.15) is 0 Å². The van der Waals surface area contributed by atoms with Gasteiger partial charge in [0.15, 0.2) is 5.82 Å². The van der Waals surface area contributed by atoms with Crippen molar-refractivity contribution in [2.24, 2.45) is 5.92 Å². The van der Waals surface area contributed by atoms with Crippen LogP contribution in [-0.4, -0.2) is 28.3 Å². The molecule has 1 fully saturated rings. The molecule has 29 heavy (non-hydrogen) atoms. The molecule has 3 aromatic rings. The van der Waals surface area contributed by atoms with Gasteiger partial charge in [-0.15, -0.1) is 0 Å². The average Bonchev–Trinajstić information content (AvgIpc) is 3.11. The minimum absolute atomic E-state index is 0.199. The van der Waals surface area contributed by atoms with Gasteiger partial charge in [0.2, 0.25) is 11.8 Å². The van der Waals surface area contributed by atoms with Crippen LogP contribution in [0.3, 0.4) is 0 Å². The highest BCUT2D eigenvalue weighted by molar-refractivity contribution is 6.30. The van der Waals surface area contributed by atoms with Crippen molar-refractivity contribution in [2.45, 2.75) is 13.3 Å². The van der Waals surface area contributed by atoms with Gasteiger partial charge in [-0.1, -0.05) is 11.6 Å². The lowest BCUT2D eigenvalue weighted by Crippen LogP contribution is -2.33. The second kappa shape index (κ2) is 8.01. The van der Waals surface area contributed by atoms with Gasteiger partial charge in [-0.05, 0) is 67.9 Å². The molecule has 4 rings (SSSR count). The lowest BCUT2D eigenvalue weighted by atomic mass is 10.1. The van der Waals surface area contributed by atoms with Crippen molar-refractivity contribution >= 4 is 34.8 Å². The molecular weight excluding hydrogens is 388 g/mol. The lowest BCUT2D eigenvalue weighted by molar-refractivity contribution is -0.129. The number of hydrogen-bond acceptors (Lipinski definition) is 4. The van der Waals surface area contributed by atoms with Crippen molar-refractivity contribution in [1.29, 1.82) is 0 Å². The van der Waals surface area contributed by atoms with Crippen LogP contribution < -0.4 is 10.2 Å². The Morgan fingerprint density at radius 2 is 1.83 bits per heavy atom. The molecule has 1 N–H and O–H groups in total. The van der Waals surface area contributed by atoms with E-state index in [1.54, 1.807) is 47.5 Å². The molecule has 0 aliphatic carbocycles. The van der Waals surface area contributed by atoms with E-state index >= 15 is 0 Å². The van der Waals surface area contributed by atoms with E-state index in [-0.39, 0.29) is 11.8 Å². The van der Waals surface area contributed by atoms with Crippen LogP contribution in [0.4, 0.5) is 11.4 Å². The maximum atomic E-state index is 12.7. The van der Waals surface area contributed by atoms with E-state index in [1.807, 2.05) is 25.1 Å². The number of anilines is 2. The van der Waals surface area contributed by atoms with E-state index in [4.69, 9.17) is 11.6 Å². The molecule has 2 heterocycles. The van der Waals surface area contributed by atoms with Crippen molar-refractivity contribution in [2.75, 3.05) is 16.8 Å². The summed E-state index contributed by atoms with van der Waals surface area (Å²) in [6.45, 7) is 2.41. The van der Waals surface area contributed by atoms with Gasteiger partial charge >= 0.3 is 0 Å². The molecule has 2 aromatic carbocycles. The number of carbonyl (C=O) groups is 2. The molecule has 0 unspecified atom stereocenters. The average molecular weight is 407 g/mol. The summed E-state index contributed by atoms with van der Waals surface area (Å²) in [6.07, 6.45) is 2.19. The zero-order chi connectivity index (χ0) is 20.4. The van der Waals surface area contributed by atoms with E-state index in [0.29, 0.717) is 29.5 Å². The zero-order valence-electron chi connectivity index (χ0n) is 15.8. The molecule has 1 saturated heterocycles. The summed E-state index contributed by atoms with van der Waals surface area (Å²) in [4.78, 5) is 35.6. The Balaban J connectivity index is 1.43.